The van der Waals surface area contributed by atoms with E-state index in [1.807, 2.05) is 18.2 Å². The quantitative estimate of drug-likeness (QED) is 0.164. The van der Waals surface area contributed by atoms with Gasteiger partial charge in [-0.2, -0.15) is 0 Å². The van der Waals surface area contributed by atoms with Crippen LogP contribution in [0.5, 0.6) is 0 Å². The third kappa shape index (κ3) is 4.53. The minimum atomic E-state index is -0.249. The number of aromatic nitrogens is 2. The van der Waals surface area contributed by atoms with Crippen LogP contribution in [0.3, 0.4) is 0 Å². The summed E-state index contributed by atoms with van der Waals surface area (Å²) >= 11 is 1.51. The van der Waals surface area contributed by atoms with E-state index in [1.54, 1.807) is 6.07 Å². The zero-order chi connectivity index (χ0) is 25.7. The second-order valence-electron chi connectivity index (χ2n) is 10.2. The number of halogens is 1. The predicted octanol–water partition coefficient (Wildman–Crippen LogP) is 9.76. The van der Waals surface area contributed by atoms with Crippen molar-refractivity contribution in [1.82, 2.24) is 9.55 Å². The first-order valence-electron chi connectivity index (χ1n) is 12.7. The third-order valence-corrected chi connectivity index (χ3v) is 7.88. The van der Waals surface area contributed by atoms with Gasteiger partial charge in [0.2, 0.25) is 0 Å². The van der Waals surface area contributed by atoms with Crippen molar-refractivity contribution in [2.75, 3.05) is 0 Å². The van der Waals surface area contributed by atoms with Crippen LogP contribution in [0, 0.1) is 11.2 Å². The van der Waals surface area contributed by atoms with Crippen molar-refractivity contribution in [1.29, 1.82) is 0 Å². The molecule has 0 aliphatic rings. The topological polar surface area (TPSA) is 17.8 Å². The maximum atomic E-state index is 14.3. The molecular formula is C33H28FIrN2S-. The largest absolute Gasteiger partial charge is 0.333 e. The molecule has 0 N–H and O–H groups in total. The van der Waals surface area contributed by atoms with Gasteiger partial charge in [0, 0.05) is 25.8 Å². The summed E-state index contributed by atoms with van der Waals surface area (Å²) in [7, 11) is 0. The van der Waals surface area contributed by atoms with Crippen LogP contribution in [-0.4, -0.2) is 9.55 Å². The van der Waals surface area contributed by atoms with Crippen LogP contribution in [0.25, 0.3) is 49.3 Å². The SMILES string of the molecule is CC(C)c1cc(-c2ccccc2)cc(C(C)C)c1-n1c(-c2[c-]sc3ccc(F)cc23)nc2ccccc21.[Ir]. The van der Waals surface area contributed by atoms with Gasteiger partial charge in [-0.1, -0.05) is 97.9 Å². The van der Waals surface area contributed by atoms with Crippen molar-refractivity contribution >= 4 is 32.5 Å². The van der Waals surface area contributed by atoms with Gasteiger partial charge in [0.15, 0.2) is 0 Å². The third-order valence-electron chi connectivity index (χ3n) is 7.00. The van der Waals surface area contributed by atoms with Crippen molar-refractivity contribution in [3.05, 3.63) is 107 Å². The summed E-state index contributed by atoms with van der Waals surface area (Å²) in [6, 6.07) is 28.4. The number of rotatable bonds is 5. The number of hydrogen-bond donors (Lipinski definition) is 0. The van der Waals surface area contributed by atoms with Gasteiger partial charge >= 0.3 is 0 Å². The Kier molecular flexibility index (Phi) is 7.37. The Morgan fingerprint density at radius 3 is 2.13 bits per heavy atom. The number of imidazole rings is 1. The molecule has 0 fully saturated rings. The molecule has 2 aromatic heterocycles. The van der Waals surface area contributed by atoms with Crippen LogP contribution < -0.4 is 0 Å². The molecule has 0 amide bonds. The normalized spacial score (nSPS) is 11.6. The Morgan fingerprint density at radius 1 is 0.789 bits per heavy atom. The number of benzene rings is 4. The molecule has 0 saturated carbocycles. The molecule has 2 nitrogen and oxygen atoms in total. The Labute approximate surface area is 240 Å². The maximum Gasteiger partial charge on any atom is 0.113 e. The van der Waals surface area contributed by atoms with E-state index in [0.717, 1.165) is 38.2 Å². The molecule has 2 heterocycles. The summed E-state index contributed by atoms with van der Waals surface area (Å²) in [5, 5.41) is 4.30. The van der Waals surface area contributed by atoms with Gasteiger partial charge in [0.05, 0.1) is 16.9 Å². The summed E-state index contributed by atoms with van der Waals surface area (Å²) < 4.78 is 17.6. The van der Waals surface area contributed by atoms with Crippen molar-refractivity contribution in [3.63, 3.8) is 0 Å². The van der Waals surface area contributed by atoms with Crippen LogP contribution >= 0.6 is 11.3 Å². The Bertz CT molecular complexity index is 1720. The van der Waals surface area contributed by atoms with Crippen LogP contribution in [0.1, 0.15) is 50.7 Å². The predicted molar refractivity (Wildman–Crippen MR) is 154 cm³/mol. The van der Waals surface area contributed by atoms with E-state index in [0.29, 0.717) is 0 Å². The van der Waals surface area contributed by atoms with Gasteiger partial charge in [-0.05, 0) is 64.4 Å². The maximum absolute atomic E-state index is 14.3. The zero-order valence-electron chi connectivity index (χ0n) is 21.8. The molecule has 6 rings (SSSR count). The first-order valence-corrected chi connectivity index (χ1v) is 13.5. The molecule has 0 atom stereocenters. The average molecular weight is 696 g/mol. The van der Waals surface area contributed by atoms with E-state index in [1.165, 1.54) is 39.7 Å². The standard InChI is InChI=1S/C33H28FN2S.Ir/c1-20(2)25-16-23(22-10-6-5-7-11-22)17-26(21(3)4)32(25)36-30-13-9-8-12-29(30)35-33(36)28-19-37-31-15-14-24(34)18-27(28)31;/h5-18,20-21H,1-4H3;/q-1;. The fourth-order valence-corrected chi connectivity index (χ4v) is 5.97. The van der Waals surface area contributed by atoms with E-state index >= 15 is 0 Å². The summed E-state index contributed by atoms with van der Waals surface area (Å²) in [4.78, 5) is 5.11. The zero-order valence-corrected chi connectivity index (χ0v) is 25.0. The van der Waals surface area contributed by atoms with Crippen LogP contribution in [-0.2, 0) is 20.1 Å². The minimum Gasteiger partial charge on any atom is -0.333 e. The first kappa shape index (κ1) is 26.5. The van der Waals surface area contributed by atoms with Crippen LogP contribution in [0.4, 0.5) is 4.39 Å². The van der Waals surface area contributed by atoms with Crippen molar-refractivity contribution in [3.8, 4) is 28.2 Å². The van der Waals surface area contributed by atoms with Gasteiger partial charge in [0.25, 0.3) is 0 Å². The second kappa shape index (κ2) is 10.6. The molecule has 38 heavy (non-hydrogen) atoms. The Balaban J connectivity index is 0.00000294. The molecule has 0 aliphatic carbocycles. The van der Waals surface area contributed by atoms with E-state index in [2.05, 4.69) is 92.2 Å². The molecule has 6 aromatic rings. The molecule has 0 saturated heterocycles. The summed E-state index contributed by atoms with van der Waals surface area (Å²) in [6.45, 7) is 8.99. The molecule has 5 heteroatoms. The van der Waals surface area contributed by atoms with Crippen molar-refractivity contribution < 1.29 is 24.5 Å². The Morgan fingerprint density at radius 2 is 1.45 bits per heavy atom. The van der Waals surface area contributed by atoms with Gasteiger partial charge < -0.3 is 4.57 Å². The number of nitrogens with zero attached hydrogens (tertiary/aromatic N) is 2. The van der Waals surface area contributed by atoms with E-state index in [-0.39, 0.29) is 37.8 Å². The van der Waals surface area contributed by atoms with Crippen molar-refractivity contribution in [2.24, 2.45) is 0 Å². The molecule has 0 aliphatic heterocycles. The molecule has 0 spiro atoms. The van der Waals surface area contributed by atoms with Crippen LogP contribution in [0.2, 0.25) is 0 Å². The molecule has 4 aromatic carbocycles. The fourth-order valence-electron chi connectivity index (χ4n) is 5.15. The fraction of sp³-hybridized carbons (Fsp3) is 0.182. The van der Waals surface area contributed by atoms with E-state index in [9.17, 15) is 4.39 Å². The molecular weight excluding hydrogens is 668 g/mol. The average Bonchev–Trinajstić information content (AvgIpc) is 3.49. The van der Waals surface area contributed by atoms with Gasteiger partial charge in [-0.3, -0.25) is 16.3 Å². The van der Waals surface area contributed by atoms with Gasteiger partial charge in [-0.25, -0.2) is 4.39 Å². The molecule has 0 unspecified atom stereocenters. The molecule has 1 radical (unpaired) electrons. The second-order valence-corrected chi connectivity index (χ2v) is 11.0. The van der Waals surface area contributed by atoms with E-state index in [4.69, 9.17) is 4.98 Å². The van der Waals surface area contributed by atoms with Crippen LogP contribution in [0.15, 0.2) is 84.9 Å². The number of hydrogen-bond acceptors (Lipinski definition) is 2. The minimum absolute atomic E-state index is 0. The first-order chi connectivity index (χ1) is 17.9. The van der Waals surface area contributed by atoms with Gasteiger partial charge in [-0.15, -0.1) is 5.39 Å². The summed E-state index contributed by atoms with van der Waals surface area (Å²) in [6.07, 6.45) is 0. The molecule has 0 bridgehead atoms. The summed E-state index contributed by atoms with van der Waals surface area (Å²) in [5.74, 6) is 1.12. The van der Waals surface area contributed by atoms with E-state index < -0.39 is 0 Å². The summed E-state index contributed by atoms with van der Waals surface area (Å²) in [5.41, 5.74) is 8.92. The number of thiophene rings is 1. The number of fused-ring (bicyclic) bond motifs is 2. The Hall–Kier alpha value is -3.11. The monoisotopic (exact) mass is 696 g/mol. The number of para-hydroxylation sites is 2. The molecule has 193 valence electrons. The van der Waals surface area contributed by atoms with Crippen molar-refractivity contribution in [2.45, 2.75) is 39.5 Å². The van der Waals surface area contributed by atoms with Gasteiger partial charge in [0.1, 0.15) is 5.82 Å². The smallest absolute Gasteiger partial charge is 0.113 e.